The monoisotopic (exact) mass is 243 g/mol. The lowest BCUT2D eigenvalue weighted by atomic mass is 10.1. The van der Waals surface area contributed by atoms with Crippen LogP contribution in [-0.2, 0) is 4.79 Å². The highest BCUT2D eigenvalue weighted by molar-refractivity contribution is 7.09. The van der Waals surface area contributed by atoms with Crippen LogP contribution in [0.15, 0.2) is 0 Å². The zero-order valence-electron chi connectivity index (χ0n) is 8.75. The van der Waals surface area contributed by atoms with E-state index < -0.39 is 18.0 Å². The molecule has 16 heavy (non-hydrogen) atoms. The summed E-state index contributed by atoms with van der Waals surface area (Å²) in [5.41, 5.74) is 0. The van der Waals surface area contributed by atoms with Crippen molar-refractivity contribution in [2.75, 3.05) is 5.32 Å². The van der Waals surface area contributed by atoms with Gasteiger partial charge in [-0.2, -0.15) is 4.37 Å². The first-order chi connectivity index (χ1) is 7.56. The van der Waals surface area contributed by atoms with Crippen molar-refractivity contribution in [2.24, 2.45) is 5.92 Å². The summed E-state index contributed by atoms with van der Waals surface area (Å²) in [4.78, 5) is 14.9. The quantitative estimate of drug-likeness (QED) is 0.714. The molecule has 3 unspecified atom stereocenters. The molecule has 1 aromatic rings. The highest BCUT2D eigenvalue weighted by atomic mass is 32.1. The van der Waals surface area contributed by atoms with Gasteiger partial charge in [0.15, 0.2) is 0 Å². The second kappa shape index (κ2) is 4.34. The van der Waals surface area contributed by atoms with Gasteiger partial charge in [0.05, 0.1) is 18.1 Å². The van der Waals surface area contributed by atoms with Gasteiger partial charge in [-0.05, 0) is 19.8 Å². The van der Waals surface area contributed by atoms with Gasteiger partial charge < -0.3 is 15.5 Å². The second-order valence-corrected chi connectivity index (χ2v) is 4.72. The first-order valence-electron chi connectivity index (χ1n) is 5.04. The molecule has 2 rings (SSSR count). The number of nitrogens with zero attached hydrogens (tertiary/aromatic N) is 2. The lowest BCUT2D eigenvalue weighted by molar-refractivity contribution is -0.141. The molecule has 1 saturated carbocycles. The SMILES string of the molecule is Cc1nsc(NC2CC(C(=O)O)CC2O)n1. The fraction of sp³-hybridized carbons (Fsp3) is 0.667. The fourth-order valence-electron chi connectivity index (χ4n) is 1.89. The molecule has 0 spiro atoms. The molecule has 0 amide bonds. The highest BCUT2D eigenvalue weighted by Crippen LogP contribution is 2.29. The maximum absolute atomic E-state index is 10.8. The van der Waals surface area contributed by atoms with Gasteiger partial charge in [-0.15, -0.1) is 0 Å². The Bertz CT molecular complexity index is 395. The molecule has 7 heteroatoms. The molecule has 1 aliphatic carbocycles. The Hall–Kier alpha value is -1.21. The summed E-state index contributed by atoms with van der Waals surface area (Å²) in [5.74, 6) is -0.645. The van der Waals surface area contributed by atoms with Crippen molar-refractivity contribution in [1.29, 1.82) is 0 Å². The summed E-state index contributed by atoms with van der Waals surface area (Å²) in [6.07, 6.45) is 0.0882. The Labute approximate surface area is 96.5 Å². The van der Waals surface area contributed by atoms with E-state index in [0.717, 1.165) is 0 Å². The van der Waals surface area contributed by atoms with Gasteiger partial charge in [-0.1, -0.05) is 0 Å². The molecule has 0 bridgehead atoms. The summed E-state index contributed by atoms with van der Waals surface area (Å²) in [6.45, 7) is 1.78. The lowest BCUT2D eigenvalue weighted by Gasteiger charge is -2.14. The summed E-state index contributed by atoms with van der Waals surface area (Å²) in [6, 6.07) is -0.242. The van der Waals surface area contributed by atoms with Gasteiger partial charge in [0.25, 0.3) is 0 Å². The number of carboxylic acids is 1. The molecule has 1 aliphatic rings. The predicted octanol–water partition coefficient (Wildman–Crippen LogP) is 0.483. The number of carboxylic acid groups (broad SMARTS) is 1. The van der Waals surface area contributed by atoms with Gasteiger partial charge in [0.1, 0.15) is 5.82 Å². The number of aliphatic hydroxyl groups is 1. The smallest absolute Gasteiger partial charge is 0.306 e. The van der Waals surface area contributed by atoms with Gasteiger partial charge in [-0.25, -0.2) is 4.98 Å². The van der Waals surface area contributed by atoms with Crippen LogP contribution in [0.5, 0.6) is 0 Å². The summed E-state index contributed by atoms with van der Waals surface area (Å²) in [7, 11) is 0. The van der Waals surface area contributed by atoms with Crippen LogP contribution in [0.3, 0.4) is 0 Å². The van der Waals surface area contributed by atoms with Crippen LogP contribution in [0, 0.1) is 12.8 Å². The molecule has 0 radical (unpaired) electrons. The third-order valence-electron chi connectivity index (χ3n) is 2.71. The number of anilines is 1. The predicted molar refractivity (Wildman–Crippen MR) is 58.4 cm³/mol. The van der Waals surface area contributed by atoms with Gasteiger partial charge >= 0.3 is 5.97 Å². The number of hydrogen-bond acceptors (Lipinski definition) is 6. The first-order valence-corrected chi connectivity index (χ1v) is 5.81. The highest BCUT2D eigenvalue weighted by Gasteiger charge is 2.37. The number of hydrogen-bond donors (Lipinski definition) is 3. The number of nitrogens with one attached hydrogen (secondary N) is 1. The fourth-order valence-corrected chi connectivity index (χ4v) is 2.52. The molecule has 1 heterocycles. The molecule has 0 saturated heterocycles. The zero-order valence-corrected chi connectivity index (χ0v) is 9.57. The minimum Gasteiger partial charge on any atom is -0.481 e. The lowest BCUT2D eigenvalue weighted by Crippen LogP contribution is -2.27. The van der Waals surface area contributed by atoms with Crippen LogP contribution >= 0.6 is 11.5 Å². The van der Waals surface area contributed by atoms with Crippen LogP contribution in [-0.4, -0.2) is 37.7 Å². The van der Waals surface area contributed by atoms with E-state index in [4.69, 9.17) is 5.11 Å². The average molecular weight is 243 g/mol. The van der Waals surface area contributed by atoms with Crippen molar-refractivity contribution >= 4 is 22.6 Å². The number of aryl methyl sites for hydroxylation is 1. The minimum atomic E-state index is -0.850. The second-order valence-electron chi connectivity index (χ2n) is 3.97. The molecule has 0 aromatic carbocycles. The third-order valence-corrected chi connectivity index (χ3v) is 3.45. The minimum absolute atomic E-state index is 0.242. The third kappa shape index (κ3) is 2.30. The Morgan fingerprint density at radius 3 is 2.81 bits per heavy atom. The topological polar surface area (TPSA) is 95.3 Å². The van der Waals surface area contributed by atoms with Crippen LogP contribution < -0.4 is 5.32 Å². The average Bonchev–Trinajstić information content (AvgIpc) is 2.75. The maximum Gasteiger partial charge on any atom is 0.306 e. The van der Waals surface area contributed by atoms with Crippen LogP contribution in [0.25, 0.3) is 0 Å². The molecule has 3 N–H and O–H groups in total. The summed E-state index contributed by atoms with van der Waals surface area (Å²) in [5, 5.41) is 22.2. The zero-order chi connectivity index (χ0) is 11.7. The van der Waals surface area contributed by atoms with Crippen LogP contribution in [0.1, 0.15) is 18.7 Å². The van der Waals surface area contributed by atoms with E-state index in [2.05, 4.69) is 14.7 Å². The van der Waals surface area contributed by atoms with Crippen molar-refractivity contribution in [3.8, 4) is 0 Å². The van der Waals surface area contributed by atoms with E-state index in [1.807, 2.05) is 0 Å². The molecular formula is C9H13N3O3S. The van der Waals surface area contributed by atoms with Gasteiger partial charge in [0.2, 0.25) is 5.13 Å². The van der Waals surface area contributed by atoms with E-state index in [1.165, 1.54) is 11.5 Å². The molecule has 1 aromatic heterocycles. The number of aromatic nitrogens is 2. The van der Waals surface area contributed by atoms with E-state index >= 15 is 0 Å². The molecule has 6 nitrogen and oxygen atoms in total. The van der Waals surface area contributed by atoms with Crippen molar-refractivity contribution in [3.05, 3.63) is 5.82 Å². The molecule has 0 aliphatic heterocycles. The largest absolute Gasteiger partial charge is 0.481 e. The van der Waals surface area contributed by atoms with Crippen molar-refractivity contribution in [2.45, 2.75) is 31.9 Å². The summed E-state index contributed by atoms with van der Waals surface area (Å²) < 4.78 is 4.01. The van der Waals surface area contributed by atoms with Crippen LogP contribution in [0.4, 0.5) is 5.13 Å². The maximum atomic E-state index is 10.8. The van der Waals surface area contributed by atoms with E-state index in [-0.39, 0.29) is 6.04 Å². The van der Waals surface area contributed by atoms with Gasteiger partial charge in [-0.3, -0.25) is 4.79 Å². The van der Waals surface area contributed by atoms with E-state index in [0.29, 0.717) is 23.8 Å². The first kappa shape index (κ1) is 11.3. The molecule has 1 fully saturated rings. The van der Waals surface area contributed by atoms with E-state index in [9.17, 15) is 9.90 Å². The van der Waals surface area contributed by atoms with Crippen molar-refractivity contribution in [1.82, 2.24) is 9.36 Å². The van der Waals surface area contributed by atoms with Crippen LogP contribution in [0.2, 0.25) is 0 Å². The van der Waals surface area contributed by atoms with Crippen molar-refractivity contribution in [3.63, 3.8) is 0 Å². The number of aliphatic hydroxyl groups excluding tert-OH is 1. The number of aliphatic carboxylic acids is 1. The molecule has 88 valence electrons. The van der Waals surface area contributed by atoms with Gasteiger partial charge in [0, 0.05) is 11.5 Å². The number of carbonyl (C=O) groups is 1. The Balaban J connectivity index is 1.98. The number of rotatable bonds is 3. The normalized spacial score (nSPS) is 29.2. The van der Waals surface area contributed by atoms with E-state index in [1.54, 1.807) is 6.92 Å². The Morgan fingerprint density at radius 1 is 1.56 bits per heavy atom. The Kier molecular flexibility index (Phi) is 3.06. The standard InChI is InChI=1S/C9H13N3O3S/c1-4-10-9(16-12-4)11-6-2-5(8(14)15)3-7(6)13/h5-7,13H,2-3H2,1H3,(H,14,15)(H,10,11,12). The summed E-state index contributed by atoms with van der Waals surface area (Å²) >= 11 is 1.22. The molecule has 3 atom stereocenters. The molecular weight excluding hydrogens is 230 g/mol. The van der Waals surface area contributed by atoms with Crippen molar-refractivity contribution < 1.29 is 15.0 Å². The Morgan fingerprint density at radius 2 is 2.31 bits per heavy atom.